The van der Waals surface area contributed by atoms with Crippen molar-refractivity contribution in [2.75, 3.05) is 7.11 Å². The van der Waals surface area contributed by atoms with E-state index in [1.165, 1.54) is 0 Å². The third kappa shape index (κ3) is 4.77. The molecule has 0 fully saturated rings. The number of hydrogen-bond donors (Lipinski definition) is 0. The summed E-state index contributed by atoms with van der Waals surface area (Å²) < 4.78 is 17.0. The number of fused-ring (bicyclic) bond motifs is 1. The van der Waals surface area contributed by atoms with Crippen molar-refractivity contribution in [3.05, 3.63) is 112 Å². The van der Waals surface area contributed by atoms with E-state index in [2.05, 4.69) is 23.2 Å². The van der Waals surface area contributed by atoms with E-state index in [9.17, 15) is 4.79 Å². The van der Waals surface area contributed by atoms with Gasteiger partial charge in [0.25, 0.3) is 0 Å². The Kier molecular flexibility index (Phi) is 6.25. The number of aryl methyl sites for hydroxylation is 1. The minimum Gasteiger partial charge on any atom is -0.493 e. The van der Waals surface area contributed by atoms with Gasteiger partial charge in [-0.05, 0) is 59.2 Å². The highest BCUT2D eigenvalue weighted by atomic mass is 35.5. The molecular weight excluding hydrogens is 462 g/mol. The lowest BCUT2D eigenvalue weighted by molar-refractivity contribution is -0.129. The van der Waals surface area contributed by atoms with E-state index < -0.39 is 5.97 Å². The van der Waals surface area contributed by atoms with Crippen LogP contribution < -0.4 is 9.47 Å². The predicted octanol–water partition coefficient (Wildman–Crippen LogP) is 6.73. The average Bonchev–Trinajstić information content (AvgIpc) is 3.23. The lowest BCUT2D eigenvalue weighted by atomic mass is 10.1. The van der Waals surface area contributed by atoms with E-state index in [1.807, 2.05) is 55.5 Å². The number of ether oxygens (including phenoxy) is 3. The first-order valence-electron chi connectivity index (χ1n) is 11.1. The van der Waals surface area contributed by atoms with Gasteiger partial charge in [0.15, 0.2) is 17.2 Å². The summed E-state index contributed by atoms with van der Waals surface area (Å²) in [5, 5.41) is 2.63. The lowest BCUT2D eigenvalue weighted by Crippen LogP contribution is -2.05. The number of esters is 1. The molecule has 0 bridgehead atoms. The third-order valence-corrected chi connectivity index (χ3v) is 6.01. The molecule has 5 rings (SSSR count). The van der Waals surface area contributed by atoms with Gasteiger partial charge in [-0.25, -0.2) is 9.79 Å². The minimum atomic E-state index is -0.521. The van der Waals surface area contributed by atoms with Gasteiger partial charge >= 0.3 is 5.97 Å². The summed E-state index contributed by atoms with van der Waals surface area (Å²) in [6.07, 6.45) is 1.62. The Balaban J connectivity index is 1.41. The van der Waals surface area contributed by atoms with Crippen LogP contribution >= 0.6 is 11.6 Å². The molecule has 4 aromatic rings. The Morgan fingerprint density at radius 2 is 1.77 bits per heavy atom. The fourth-order valence-electron chi connectivity index (χ4n) is 3.92. The predicted molar refractivity (Wildman–Crippen MR) is 138 cm³/mol. The molecule has 0 radical (unpaired) electrons. The zero-order valence-corrected chi connectivity index (χ0v) is 20.0. The molecule has 0 saturated heterocycles. The van der Waals surface area contributed by atoms with E-state index in [0.29, 0.717) is 28.7 Å². The van der Waals surface area contributed by atoms with Crippen molar-refractivity contribution in [2.45, 2.75) is 13.5 Å². The minimum absolute atomic E-state index is 0.183. The third-order valence-electron chi connectivity index (χ3n) is 5.73. The molecule has 6 heteroatoms. The first-order chi connectivity index (χ1) is 17.0. The van der Waals surface area contributed by atoms with Crippen molar-refractivity contribution < 1.29 is 19.0 Å². The molecule has 4 aromatic carbocycles. The maximum absolute atomic E-state index is 12.4. The first kappa shape index (κ1) is 22.7. The number of hydrogen-bond acceptors (Lipinski definition) is 5. The summed E-state index contributed by atoms with van der Waals surface area (Å²) in [5.74, 6) is 0.641. The molecule has 0 saturated carbocycles. The maximum atomic E-state index is 12.4. The second-order valence-corrected chi connectivity index (χ2v) is 8.57. The van der Waals surface area contributed by atoms with Crippen LogP contribution in [0.2, 0.25) is 5.02 Å². The Labute approximate surface area is 208 Å². The molecule has 0 amide bonds. The molecule has 0 atom stereocenters. The second kappa shape index (κ2) is 9.65. The van der Waals surface area contributed by atoms with E-state index in [-0.39, 0.29) is 11.6 Å². The number of carbonyl (C=O) groups is 1. The molecule has 0 spiro atoms. The van der Waals surface area contributed by atoms with Gasteiger partial charge in [0.1, 0.15) is 6.61 Å². The van der Waals surface area contributed by atoms with Crippen molar-refractivity contribution >= 4 is 40.3 Å². The summed E-state index contributed by atoms with van der Waals surface area (Å²) in [6.45, 7) is 2.32. The average molecular weight is 484 g/mol. The van der Waals surface area contributed by atoms with Crippen LogP contribution in [0.4, 0.5) is 0 Å². The van der Waals surface area contributed by atoms with Gasteiger partial charge in [0.05, 0.1) is 12.1 Å². The van der Waals surface area contributed by atoms with Crippen LogP contribution in [0.15, 0.2) is 89.6 Å². The Bertz CT molecular complexity index is 1480. The van der Waals surface area contributed by atoms with Crippen molar-refractivity contribution in [3.63, 3.8) is 0 Å². The highest BCUT2D eigenvalue weighted by Gasteiger charge is 2.24. The molecule has 5 nitrogen and oxygen atoms in total. The zero-order chi connectivity index (χ0) is 24.4. The van der Waals surface area contributed by atoms with Crippen molar-refractivity contribution in [2.24, 2.45) is 4.99 Å². The molecule has 174 valence electrons. The molecule has 0 aliphatic carbocycles. The molecule has 0 N–H and O–H groups in total. The van der Waals surface area contributed by atoms with Gasteiger partial charge in [-0.15, -0.1) is 0 Å². The summed E-state index contributed by atoms with van der Waals surface area (Å²) in [6, 6.07) is 25.3. The SMILES string of the molecule is COc1cc(C=C2N=C(c3ccc(C)cc3)OC2=O)cc(Cl)c1OCc1cccc2ccccc12. The van der Waals surface area contributed by atoms with E-state index in [4.69, 9.17) is 25.8 Å². The first-order valence-corrected chi connectivity index (χ1v) is 11.5. The van der Waals surface area contributed by atoms with E-state index in [0.717, 1.165) is 27.5 Å². The van der Waals surface area contributed by atoms with Gasteiger partial charge in [-0.1, -0.05) is 71.8 Å². The number of rotatable bonds is 6. The number of halogens is 1. The van der Waals surface area contributed by atoms with Crippen LogP contribution in [0.5, 0.6) is 11.5 Å². The summed E-state index contributed by atoms with van der Waals surface area (Å²) >= 11 is 6.57. The van der Waals surface area contributed by atoms with Crippen LogP contribution in [-0.2, 0) is 16.1 Å². The van der Waals surface area contributed by atoms with Crippen molar-refractivity contribution in [3.8, 4) is 11.5 Å². The Morgan fingerprint density at radius 3 is 2.57 bits per heavy atom. The largest absolute Gasteiger partial charge is 0.493 e. The van der Waals surface area contributed by atoms with Gasteiger partial charge < -0.3 is 14.2 Å². The fraction of sp³-hybridized carbons (Fsp3) is 0.103. The molecule has 0 unspecified atom stereocenters. The Hall–Kier alpha value is -4.09. The van der Waals surface area contributed by atoms with Crippen LogP contribution in [0.1, 0.15) is 22.3 Å². The molecule has 1 heterocycles. The monoisotopic (exact) mass is 483 g/mol. The second-order valence-electron chi connectivity index (χ2n) is 8.16. The van der Waals surface area contributed by atoms with Gasteiger partial charge in [0, 0.05) is 5.56 Å². The number of carbonyl (C=O) groups excluding carboxylic acids is 1. The maximum Gasteiger partial charge on any atom is 0.363 e. The highest BCUT2D eigenvalue weighted by molar-refractivity contribution is 6.32. The molecule has 1 aliphatic rings. The summed E-state index contributed by atoms with van der Waals surface area (Å²) in [5.41, 5.74) is 3.71. The van der Waals surface area contributed by atoms with Crippen LogP contribution in [0, 0.1) is 6.92 Å². The summed E-state index contributed by atoms with van der Waals surface area (Å²) in [7, 11) is 1.55. The number of nitrogens with zero attached hydrogens (tertiary/aromatic N) is 1. The number of cyclic esters (lactones) is 1. The Morgan fingerprint density at radius 1 is 1.00 bits per heavy atom. The standard InChI is InChI=1S/C29H22ClNO4/c1-18-10-12-21(13-11-18)28-31-25(29(32)35-28)15-19-14-24(30)27(26(16-19)33-2)34-17-22-8-5-7-20-6-3-4-9-23(20)22/h3-16H,17H2,1-2H3. The van der Waals surface area contributed by atoms with E-state index in [1.54, 1.807) is 25.3 Å². The molecule has 1 aliphatic heterocycles. The van der Waals surface area contributed by atoms with Crippen LogP contribution in [0.3, 0.4) is 0 Å². The fourth-order valence-corrected chi connectivity index (χ4v) is 4.19. The normalized spacial score (nSPS) is 14.2. The quantitative estimate of drug-likeness (QED) is 0.225. The summed E-state index contributed by atoms with van der Waals surface area (Å²) in [4.78, 5) is 16.8. The zero-order valence-electron chi connectivity index (χ0n) is 19.2. The van der Waals surface area contributed by atoms with Crippen molar-refractivity contribution in [1.82, 2.24) is 0 Å². The van der Waals surface area contributed by atoms with Gasteiger partial charge in [-0.3, -0.25) is 0 Å². The van der Waals surface area contributed by atoms with E-state index >= 15 is 0 Å². The topological polar surface area (TPSA) is 57.1 Å². The lowest BCUT2D eigenvalue weighted by Gasteiger charge is -2.14. The van der Waals surface area contributed by atoms with Gasteiger partial charge in [0.2, 0.25) is 5.90 Å². The van der Waals surface area contributed by atoms with Crippen LogP contribution in [-0.4, -0.2) is 19.0 Å². The smallest absolute Gasteiger partial charge is 0.363 e. The molecule has 0 aromatic heterocycles. The van der Waals surface area contributed by atoms with Gasteiger partial charge in [-0.2, -0.15) is 0 Å². The molecule has 35 heavy (non-hydrogen) atoms. The number of benzene rings is 4. The molecular formula is C29H22ClNO4. The number of aliphatic imine (C=N–C) groups is 1. The van der Waals surface area contributed by atoms with Crippen molar-refractivity contribution in [1.29, 1.82) is 0 Å². The highest BCUT2D eigenvalue weighted by Crippen LogP contribution is 2.38. The van der Waals surface area contributed by atoms with Crippen LogP contribution in [0.25, 0.3) is 16.8 Å². The number of methoxy groups -OCH3 is 1.